The fourth-order valence-corrected chi connectivity index (χ4v) is 2.21. The number of hydrogen-bond acceptors (Lipinski definition) is 3. The summed E-state index contributed by atoms with van der Waals surface area (Å²) in [7, 11) is 0. The van der Waals surface area contributed by atoms with Gasteiger partial charge in [0.25, 0.3) is 5.92 Å². The highest BCUT2D eigenvalue weighted by Crippen LogP contribution is 2.30. The maximum Gasteiger partial charge on any atom is 0.266 e. The van der Waals surface area contributed by atoms with Crippen molar-refractivity contribution >= 4 is 11.7 Å². The number of nitrogens with one attached hydrogen (secondary N) is 1. The lowest BCUT2D eigenvalue weighted by molar-refractivity contribution is -0.121. The van der Waals surface area contributed by atoms with Crippen LogP contribution in [0.4, 0.5) is 14.6 Å². The zero-order valence-electron chi connectivity index (χ0n) is 11.7. The molecular formula is C14H19F2N3O. The second-order valence-electron chi connectivity index (χ2n) is 5.09. The van der Waals surface area contributed by atoms with E-state index in [2.05, 4.69) is 10.3 Å². The Hall–Kier alpha value is -1.72. The third kappa shape index (κ3) is 3.43. The lowest BCUT2D eigenvalue weighted by atomic mass is 10.2. The smallest absolute Gasteiger partial charge is 0.266 e. The van der Waals surface area contributed by atoms with Crippen LogP contribution >= 0.6 is 0 Å². The fourth-order valence-electron chi connectivity index (χ4n) is 2.21. The minimum atomic E-state index is -2.64. The number of amides is 1. The number of nitrogens with zero attached hydrogens (tertiary/aromatic N) is 2. The van der Waals surface area contributed by atoms with Gasteiger partial charge >= 0.3 is 0 Å². The molecule has 0 bridgehead atoms. The SMILES string of the molecule is CCC(=O)N[C@H](C)c1cccc(N2CCC(F)(F)C2)n1. The van der Waals surface area contributed by atoms with Crippen LogP contribution in [0.3, 0.4) is 0 Å². The Morgan fingerprint density at radius 1 is 1.55 bits per heavy atom. The van der Waals surface area contributed by atoms with Gasteiger partial charge in [0.15, 0.2) is 0 Å². The summed E-state index contributed by atoms with van der Waals surface area (Å²) in [6, 6.07) is 5.06. The first-order valence-corrected chi connectivity index (χ1v) is 6.80. The Morgan fingerprint density at radius 3 is 2.90 bits per heavy atom. The average Bonchev–Trinajstić information content (AvgIpc) is 2.79. The van der Waals surface area contributed by atoms with E-state index in [1.165, 1.54) is 0 Å². The van der Waals surface area contributed by atoms with Crippen molar-refractivity contribution in [3.8, 4) is 0 Å². The summed E-state index contributed by atoms with van der Waals surface area (Å²) in [4.78, 5) is 17.3. The first-order chi connectivity index (χ1) is 9.41. The number of alkyl halides is 2. The van der Waals surface area contributed by atoms with Gasteiger partial charge in [-0.2, -0.15) is 0 Å². The van der Waals surface area contributed by atoms with Crippen LogP contribution in [0.25, 0.3) is 0 Å². The average molecular weight is 283 g/mol. The van der Waals surface area contributed by atoms with Crippen LogP contribution in [0.2, 0.25) is 0 Å². The molecule has 1 fully saturated rings. The minimum absolute atomic E-state index is 0.0580. The van der Waals surface area contributed by atoms with E-state index in [0.29, 0.717) is 24.5 Å². The Balaban J connectivity index is 2.10. The van der Waals surface area contributed by atoms with Gasteiger partial charge in [0.05, 0.1) is 18.3 Å². The Labute approximate surface area is 117 Å². The number of anilines is 1. The predicted octanol–water partition coefficient (Wildman–Crippen LogP) is 2.51. The van der Waals surface area contributed by atoms with Gasteiger partial charge in [-0.05, 0) is 19.1 Å². The zero-order chi connectivity index (χ0) is 14.8. The summed E-state index contributed by atoms with van der Waals surface area (Å²) in [5.74, 6) is -2.16. The van der Waals surface area contributed by atoms with E-state index in [0.717, 1.165) is 0 Å². The number of aromatic nitrogens is 1. The van der Waals surface area contributed by atoms with Crippen LogP contribution < -0.4 is 10.2 Å². The first kappa shape index (κ1) is 14.7. The molecule has 0 aliphatic carbocycles. The van der Waals surface area contributed by atoms with Crippen LogP contribution in [0.5, 0.6) is 0 Å². The molecule has 20 heavy (non-hydrogen) atoms. The summed E-state index contributed by atoms with van der Waals surface area (Å²) in [5, 5.41) is 2.81. The lowest BCUT2D eigenvalue weighted by Gasteiger charge is -2.19. The number of rotatable bonds is 4. The Bertz CT molecular complexity index is 493. The van der Waals surface area contributed by atoms with Gasteiger partial charge in [-0.1, -0.05) is 13.0 Å². The molecule has 0 spiro atoms. The molecule has 1 N–H and O–H groups in total. The van der Waals surface area contributed by atoms with E-state index in [1.54, 1.807) is 30.0 Å². The zero-order valence-corrected chi connectivity index (χ0v) is 11.7. The van der Waals surface area contributed by atoms with Crippen LogP contribution in [-0.4, -0.2) is 29.9 Å². The number of carbonyl (C=O) groups is 1. The molecule has 1 atom stereocenters. The summed E-state index contributed by atoms with van der Waals surface area (Å²) < 4.78 is 26.5. The maximum absolute atomic E-state index is 13.2. The highest BCUT2D eigenvalue weighted by atomic mass is 19.3. The molecule has 2 heterocycles. The molecule has 6 heteroatoms. The number of pyridine rings is 1. The van der Waals surface area contributed by atoms with Crippen molar-refractivity contribution < 1.29 is 13.6 Å². The molecule has 0 saturated carbocycles. The molecule has 0 radical (unpaired) electrons. The molecule has 1 saturated heterocycles. The maximum atomic E-state index is 13.2. The monoisotopic (exact) mass is 283 g/mol. The largest absolute Gasteiger partial charge is 0.350 e. The Kier molecular flexibility index (Phi) is 4.20. The molecule has 1 aliphatic heterocycles. The van der Waals surface area contributed by atoms with Crippen molar-refractivity contribution in [1.82, 2.24) is 10.3 Å². The van der Waals surface area contributed by atoms with Crippen molar-refractivity contribution in [2.24, 2.45) is 0 Å². The minimum Gasteiger partial charge on any atom is -0.350 e. The van der Waals surface area contributed by atoms with Crippen molar-refractivity contribution in [3.05, 3.63) is 23.9 Å². The number of hydrogen-bond donors (Lipinski definition) is 1. The number of carbonyl (C=O) groups excluding carboxylic acids is 1. The topological polar surface area (TPSA) is 45.2 Å². The van der Waals surface area contributed by atoms with E-state index in [1.807, 2.05) is 6.92 Å². The van der Waals surface area contributed by atoms with E-state index < -0.39 is 5.92 Å². The van der Waals surface area contributed by atoms with E-state index in [9.17, 15) is 13.6 Å². The van der Waals surface area contributed by atoms with Gasteiger partial charge in [-0.25, -0.2) is 13.8 Å². The second kappa shape index (κ2) is 5.73. The molecule has 0 unspecified atom stereocenters. The lowest BCUT2D eigenvalue weighted by Crippen LogP contribution is -2.28. The third-order valence-corrected chi connectivity index (χ3v) is 3.39. The van der Waals surface area contributed by atoms with Crippen LogP contribution in [0.1, 0.15) is 38.4 Å². The normalized spacial score (nSPS) is 18.9. The van der Waals surface area contributed by atoms with Crippen molar-refractivity contribution in [2.75, 3.05) is 18.0 Å². The standard InChI is InChI=1S/C14H19F2N3O/c1-3-13(20)17-10(2)11-5-4-6-12(18-11)19-8-7-14(15,16)9-19/h4-6,10H,3,7-9H2,1-2H3,(H,17,20)/t10-/m1/s1. The Morgan fingerprint density at radius 2 is 2.30 bits per heavy atom. The van der Waals surface area contributed by atoms with Gasteiger partial charge in [0.2, 0.25) is 5.91 Å². The molecule has 4 nitrogen and oxygen atoms in total. The fraction of sp³-hybridized carbons (Fsp3) is 0.571. The molecule has 1 amide bonds. The third-order valence-electron chi connectivity index (χ3n) is 3.39. The van der Waals surface area contributed by atoms with Crippen LogP contribution in [0.15, 0.2) is 18.2 Å². The van der Waals surface area contributed by atoms with Gasteiger partial charge in [0, 0.05) is 19.4 Å². The highest BCUT2D eigenvalue weighted by molar-refractivity contribution is 5.75. The quantitative estimate of drug-likeness (QED) is 0.923. The summed E-state index contributed by atoms with van der Waals surface area (Å²) in [5.41, 5.74) is 0.680. The van der Waals surface area contributed by atoms with Gasteiger partial charge in [-0.15, -0.1) is 0 Å². The van der Waals surface area contributed by atoms with E-state index in [-0.39, 0.29) is 24.9 Å². The molecule has 1 aliphatic rings. The predicted molar refractivity (Wildman–Crippen MR) is 72.9 cm³/mol. The summed E-state index contributed by atoms with van der Waals surface area (Å²) >= 11 is 0. The highest BCUT2D eigenvalue weighted by Gasteiger charge is 2.38. The van der Waals surface area contributed by atoms with Gasteiger partial charge in [-0.3, -0.25) is 4.79 Å². The van der Waals surface area contributed by atoms with E-state index in [4.69, 9.17) is 0 Å². The van der Waals surface area contributed by atoms with Crippen molar-refractivity contribution in [1.29, 1.82) is 0 Å². The molecule has 2 rings (SSSR count). The summed E-state index contributed by atoms with van der Waals surface area (Å²) in [6.45, 7) is 3.62. The first-order valence-electron chi connectivity index (χ1n) is 6.80. The van der Waals surface area contributed by atoms with Crippen molar-refractivity contribution in [2.45, 2.75) is 38.7 Å². The van der Waals surface area contributed by atoms with Crippen molar-refractivity contribution in [3.63, 3.8) is 0 Å². The van der Waals surface area contributed by atoms with Gasteiger partial charge in [0.1, 0.15) is 5.82 Å². The molecule has 110 valence electrons. The van der Waals surface area contributed by atoms with Crippen LogP contribution in [-0.2, 0) is 4.79 Å². The molecular weight excluding hydrogens is 264 g/mol. The van der Waals surface area contributed by atoms with E-state index >= 15 is 0 Å². The number of halogens is 2. The molecule has 1 aromatic heterocycles. The second-order valence-corrected chi connectivity index (χ2v) is 5.09. The summed E-state index contributed by atoms with van der Waals surface area (Å²) in [6.07, 6.45) is 0.267. The van der Waals surface area contributed by atoms with Crippen LogP contribution in [0, 0.1) is 0 Å². The van der Waals surface area contributed by atoms with Gasteiger partial charge < -0.3 is 10.2 Å². The molecule has 0 aromatic carbocycles. The molecule has 1 aromatic rings.